The number of ether oxygens (including phenoxy) is 1. The van der Waals surface area contributed by atoms with Crippen LogP contribution in [0.4, 0.5) is 0 Å². The van der Waals surface area contributed by atoms with Gasteiger partial charge in [0.25, 0.3) is 5.91 Å². The summed E-state index contributed by atoms with van der Waals surface area (Å²) in [6.45, 7) is 7.64. The predicted octanol–water partition coefficient (Wildman–Crippen LogP) is 2.08. The molecule has 0 saturated carbocycles. The zero-order valence-electron chi connectivity index (χ0n) is 13.0. The summed E-state index contributed by atoms with van der Waals surface area (Å²) in [5.74, 6) is 0.772. The van der Waals surface area contributed by atoms with Crippen LogP contribution in [-0.4, -0.2) is 43.6 Å². The van der Waals surface area contributed by atoms with Gasteiger partial charge in [-0.2, -0.15) is 0 Å². The molecule has 4 nitrogen and oxygen atoms in total. The van der Waals surface area contributed by atoms with Crippen LogP contribution in [0.1, 0.15) is 26.3 Å². The van der Waals surface area contributed by atoms with E-state index in [9.17, 15) is 4.79 Å². The Bertz CT molecular complexity index is 399. The van der Waals surface area contributed by atoms with E-state index in [4.69, 9.17) is 4.74 Å². The van der Waals surface area contributed by atoms with Gasteiger partial charge in [-0.15, -0.1) is 0 Å². The number of carbonyl (C=O) groups excluding carboxylic acids is 1. The number of nitrogens with zero attached hydrogens (tertiary/aromatic N) is 1. The smallest absolute Gasteiger partial charge is 0.260 e. The Morgan fingerprint density at radius 1 is 1.25 bits per heavy atom. The Morgan fingerprint density at radius 2 is 1.85 bits per heavy atom. The first-order valence-corrected chi connectivity index (χ1v) is 7.27. The molecule has 1 N–H and O–H groups in total. The van der Waals surface area contributed by atoms with Crippen molar-refractivity contribution in [1.29, 1.82) is 0 Å². The van der Waals surface area contributed by atoms with E-state index in [1.54, 1.807) is 4.90 Å². The maximum atomic E-state index is 11.8. The summed E-state index contributed by atoms with van der Waals surface area (Å²) in [6, 6.07) is 8.39. The molecule has 0 radical (unpaired) electrons. The van der Waals surface area contributed by atoms with Crippen LogP contribution in [0.3, 0.4) is 0 Å². The topological polar surface area (TPSA) is 41.6 Å². The van der Waals surface area contributed by atoms with Crippen LogP contribution in [0.25, 0.3) is 0 Å². The van der Waals surface area contributed by atoms with Crippen LogP contribution in [-0.2, 0) is 11.2 Å². The monoisotopic (exact) mass is 278 g/mol. The van der Waals surface area contributed by atoms with E-state index < -0.39 is 0 Å². The molecule has 1 atom stereocenters. The van der Waals surface area contributed by atoms with Gasteiger partial charge in [0.2, 0.25) is 0 Å². The highest BCUT2D eigenvalue weighted by atomic mass is 16.5. The molecular weight excluding hydrogens is 252 g/mol. The van der Waals surface area contributed by atoms with Crippen LogP contribution in [0.5, 0.6) is 5.75 Å². The van der Waals surface area contributed by atoms with E-state index in [1.807, 2.05) is 45.2 Å². The lowest BCUT2D eigenvalue weighted by atomic mass is 10.1. The average molecular weight is 278 g/mol. The number of hydrogen-bond donors (Lipinski definition) is 1. The van der Waals surface area contributed by atoms with Crippen molar-refractivity contribution in [1.82, 2.24) is 10.2 Å². The number of nitrogens with one attached hydrogen (secondary N) is 1. The minimum atomic E-state index is 0.0304. The molecule has 4 heteroatoms. The molecule has 20 heavy (non-hydrogen) atoms. The summed E-state index contributed by atoms with van der Waals surface area (Å²) in [5.41, 5.74) is 1.26. The van der Waals surface area contributed by atoms with Crippen molar-refractivity contribution in [2.24, 2.45) is 0 Å². The maximum absolute atomic E-state index is 11.8. The first-order valence-electron chi connectivity index (χ1n) is 7.27. The summed E-state index contributed by atoms with van der Waals surface area (Å²) in [4.78, 5) is 13.6. The Labute approximate surface area is 122 Å². The molecule has 0 aromatic heterocycles. The maximum Gasteiger partial charge on any atom is 0.260 e. The minimum absolute atomic E-state index is 0.0304. The fourth-order valence-corrected chi connectivity index (χ4v) is 1.99. The highest BCUT2D eigenvalue weighted by Crippen LogP contribution is 2.13. The molecule has 1 aromatic carbocycles. The Balaban J connectivity index is 2.47. The van der Waals surface area contributed by atoms with Crippen molar-refractivity contribution < 1.29 is 9.53 Å². The number of amides is 1. The van der Waals surface area contributed by atoms with Crippen molar-refractivity contribution in [3.05, 3.63) is 29.8 Å². The summed E-state index contributed by atoms with van der Waals surface area (Å²) in [6.07, 6.45) is 0.981. The molecule has 0 aliphatic rings. The van der Waals surface area contributed by atoms with Gasteiger partial charge in [0, 0.05) is 19.1 Å². The second-order valence-corrected chi connectivity index (χ2v) is 4.89. The highest BCUT2D eigenvalue weighted by Gasteiger charge is 2.10. The zero-order valence-corrected chi connectivity index (χ0v) is 13.0. The van der Waals surface area contributed by atoms with E-state index in [2.05, 4.69) is 12.2 Å². The van der Waals surface area contributed by atoms with E-state index in [0.717, 1.165) is 25.3 Å². The van der Waals surface area contributed by atoms with Gasteiger partial charge in [-0.1, -0.05) is 12.1 Å². The first kappa shape index (κ1) is 16.5. The number of likely N-dealkylation sites (N-methyl/N-ethyl adjacent to an activating group) is 2. The number of hydrogen-bond acceptors (Lipinski definition) is 3. The van der Waals surface area contributed by atoms with Gasteiger partial charge in [-0.3, -0.25) is 4.79 Å². The molecule has 1 unspecified atom stereocenters. The van der Waals surface area contributed by atoms with E-state index in [1.165, 1.54) is 5.56 Å². The quantitative estimate of drug-likeness (QED) is 0.791. The van der Waals surface area contributed by atoms with Crippen LogP contribution in [0.15, 0.2) is 24.3 Å². The largest absolute Gasteiger partial charge is 0.484 e. The van der Waals surface area contributed by atoms with Gasteiger partial charge in [-0.05, 0) is 51.9 Å². The van der Waals surface area contributed by atoms with Gasteiger partial charge in [0.05, 0.1) is 0 Å². The van der Waals surface area contributed by atoms with Crippen molar-refractivity contribution in [2.45, 2.75) is 33.2 Å². The SMILES string of the molecule is CCN(CC)C(=O)COc1ccc(CC(C)NC)cc1. The predicted molar refractivity (Wildman–Crippen MR) is 82.1 cm³/mol. The standard InChI is InChI=1S/C16H26N2O2/c1-5-18(6-2)16(19)12-20-15-9-7-14(8-10-15)11-13(3)17-4/h7-10,13,17H,5-6,11-12H2,1-4H3. The second kappa shape index (κ2) is 8.59. The lowest BCUT2D eigenvalue weighted by molar-refractivity contribution is -0.132. The molecule has 0 aliphatic heterocycles. The van der Waals surface area contributed by atoms with Crippen LogP contribution < -0.4 is 10.1 Å². The molecule has 0 aliphatic carbocycles. The van der Waals surface area contributed by atoms with Crippen molar-refractivity contribution >= 4 is 5.91 Å². The molecule has 112 valence electrons. The highest BCUT2D eigenvalue weighted by molar-refractivity contribution is 5.77. The van der Waals surface area contributed by atoms with E-state index >= 15 is 0 Å². The van der Waals surface area contributed by atoms with Gasteiger partial charge in [0.15, 0.2) is 6.61 Å². The van der Waals surface area contributed by atoms with Gasteiger partial charge >= 0.3 is 0 Å². The Morgan fingerprint density at radius 3 is 2.35 bits per heavy atom. The second-order valence-electron chi connectivity index (χ2n) is 4.89. The third-order valence-corrected chi connectivity index (χ3v) is 3.44. The summed E-state index contributed by atoms with van der Waals surface area (Å²) in [5, 5.41) is 3.21. The number of benzene rings is 1. The van der Waals surface area contributed by atoms with Gasteiger partial charge in [-0.25, -0.2) is 0 Å². The summed E-state index contributed by atoms with van der Waals surface area (Å²) < 4.78 is 5.53. The molecule has 0 spiro atoms. The first-order chi connectivity index (χ1) is 9.60. The van der Waals surface area contributed by atoms with Crippen LogP contribution >= 0.6 is 0 Å². The molecular formula is C16H26N2O2. The van der Waals surface area contributed by atoms with Crippen molar-refractivity contribution in [2.75, 3.05) is 26.7 Å². The number of carbonyl (C=O) groups is 1. The van der Waals surface area contributed by atoms with Crippen LogP contribution in [0.2, 0.25) is 0 Å². The van der Waals surface area contributed by atoms with E-state index in [-0.39, 0.29) is 12.5 Å². The molecule has 0 saturated heterocycles. The number of rotatable bonds is 8. The lowest BCUT2D eigenvalue weighted by Crippen LogP contribution is -2.34. The zero-order chi connectivity index (χ0) is 15.0. The molecule has 1 rings (SSSR count). The van der Waals surface area contributed by atoms with Crippen molar-refractivity contribution in [3.8, 4) is 5.75 Å². The Kier molecular flexibility index (Phi) is 7.09. The summed E-state index contributed by atoms with van der Waals surface area (Å²) >= 11 is 0. The molecule has 0 heterocycles. The lowest BCUT2D eigenvalue weighted by Gasteiger charge is -2.18. The fourth-order valence-electron chi connectivity index (χ4n) is 1.99. The minimum Gasteiger partial charge on any atom is -0.484 e. The summed E-state index contributed by atoms with van der Waals surface area (Å²) in [7, 11) is 1.96. The molecule has 1 amide bonds. The van der Waals surface area contributed by atoms with Gasteiger partial charge < -0.3 is 15.0 Å². The Hall–Kier alpha value is -1.55. The van der Waals surface area contributed by atoms with Crippen molar-refractivity contribution in [3.63, 3.8) is 0 Å². The van der Waals surface area contributed by atoms with Crippen LogP contribution in [0, 0.1) is 0 Å². The van der Waals surface area contributed by atoms with E-state index in [0.29, 0.717) is 6.04 Å². The third kappa shape index (κ3) is 5.21. The molecule has 0 fully saturated rings. The normalized spacial score (nSPS) is 12.0. The molecule has 0 bridgehead atoms. The molecule has 1 aromatic rings. The average Bonchev–Trinajstić information content (AvgIpc) is 2.47. The van der Waals surface area contributed by atoms with Gasteiger partial charge in [0.1, 0.15) is 5.75 Å². The fraction of sp³-hybridized carbons (Fsp3) is 0.562. The third-order valence-electron chi connectivity index (χ3n) is 3.44.